The van der Waals surface area contributed by atoms with E-state index in [4.69, 9.17) is 6.85 Å². The van der Waals surface area contributed by atoms with Gasteiger partial charge in [-0.1, -0.05) is 0 Å². The highest BCUT2D eigenvalue weighted by Crippen LogP contribution is 2.10. The first-order chi connectivity index (χ1) is 8.30. The Bertz CT molecular complexity index is 575. The quantitative estimate of drug-likeness (QED) is 0.719. The second-order valence-corrected chi connectivity index (χ2v) is 3.16. The van der Waals surface area contributed by atoms with Gasteiger partial charge in [0, 0.05) is 10.3 Å². The number of halogens is 1. The predicted octanol–water partition coefficient (Wildman–Crippen LogP) is 2.34. The van der Waals surface area contributed by atoms with Gasteiger partial charge in [0.05, 0.1) is 20.8 Å². The molecule has 0 aliphatic rings. The van der Waals surface area contributed by atoms with Crippen LogP contribution in [0.4, 0.5) is 0 Å². The first-order valence-electron chi connectivity index (χ1n) is 5.99. The lowest BCUT2D eigenvalue weighted by atomic mass is 10.4. The van der Waals surface area contributed by atoms with Crippen LogP contribution in [0.5, 0.6) is 0 Å². The van der Waals surface area contributed by atoms with Crippen LogP contribution in [0.1, 0.15) is 12.4 Å². The molecule has 0 aliphatic carbocycles. The molecule has 0 fully saturated rings. The van der Waals surface area contributed by atoms with E-state index in [0.29, 0.717) is 10.3 Å². The van der Waals surface area contributed by atoms with E-state index in [-0.39, 0.29) is 11.7 Å². The lowest BCUT2D eigenvalue weighted by molar-refractivity contribution is 0.872. The van der Waals surface area contributed by atoms with Crippen LogP contribution in [0.2, 0.25) is 0 Å². The zero-order valence-corrected chi connectivity index (χ0v) is 8.04. The fourth-order valence-electron chi connectivity index (χ4n) is 0.871. The van der Waals surface area contributed by atoms with Crippen molar-refractivity contribution in [3.8, 4) is 5.69 Å². The van der Waals surface area contributed by atoms with E-state index in [2.05, 4.69) is 26.0 Å². The van der Waals surface area contributed by atoms with Crippen LogP contribution < -0.4 is 0 Å². The third kappa shape index (κ3) is 1.78. The van der Waals surface area contributed by atoms with Gasteiger partial charge in [-0.3, -0.25) is 0 Å². The molecule has 0 saturated carbocycles. The van der Waals surface area contributed by atoms with Gasteiger partial charge >= 0.3 is 0 Å². The van der Waals surface area contributed by atoms with Crippen LogP contribution in [0.3, 0.4) is 0 Å². The molecule has 0 aromatic carbocycles. The van der Waals surface area contributed by atoms with Crippen molar-refractivity contribution in [2.75, 3.05) is 0 Å². The molecule has 66 valence electrons. The number of rotatable bonds is 1. The summed E-state index contributed by atoms with van der Waals surface area (Å²) in [6.07, 6.45) is 0.713. The molecule has 2 heterocycles. The largest absolute Gasteiger partial charge is 0.247 e. The van der Waals surface area contributed by atoms with Crippen molar-refractivity contribution in [3.63, 3.8) is 0 Å². The number of hydrogen-bond donors (Lipinski definition) is 0. The predicted molar refractivity (Wildman–Crippen MR) is 53.8 cm³/mol. The Morgan fingerprint density at radius 2 is 2.54 bits per heavy atom. The first-order valence-corrected chi connectivity index (χ1v) is 4.28. The van der Waals surface area contributed by atoms with E-state index < -0.39 is 13.0 Å². The summed E-state index contributed by atoms with van der Waals surface area (Å²) in [7, 11) is 0. The zero-order chi connectivity index (χ0) is 13.5. The van der Waals surface area contributed by atoms with Gasteiger partial charge in [-0.2, -0.15) is 5.10 Å². The molecule has 2 aromatic rings. The second-order valence-electron chi connectivity index (χ2n) is 2.35. The van der Waals surface area contributed by atoms with Crippen LogP contribution in [-0.4, -0.2) is 14.8 Å². The lowest BCUT2D eigenvalue weighted by Gasteiger charge is -1.99. The molecule has 0 N–H and O–H groups in total. The molecule has 0 aliphatic heterocycles. The van der Waals surface area contributed by atoms with Crippen molar-refractivity contribution in [3.05, 3.63) is 40.8 Å². The molecule has 0 unspecified atom stereocenters. The highest BCUT2D eigenvalue weighted by atomic mass is 79.9. The summed E-state index contributed by atoms with van der Waals surface area (Å²) in [5.74, 6) is 0. The van der Waals surface area contributed by atoms with Gasteiger partial charge in [0.2, 0.25) is 0 Å². The molecule has 13 heavy (non-hydrogen) atoms. The Morgan fingerprint density at radius 1 is 1.62 bits per heavy atom. The Kier molecular flexibility index (Phi) is 1.11. The summed E-state index contributed by atoms with van der Waals surface area (Å²) >= 11 is 3.17. The molecule has 0 amide bonds. The van der Waals surface area contributed by atoms with E-state index in [0.717, 1.165) is 4.68 Å². The van der Waals surface area contributed by atoms with Gasteiger partial charge in [0.25, 0.3) is 0 Å². The zero-order valence-electron chi connectivity index (χ0n) is 11.5. The third-order valence-corrected chi connectivity index (χ3v) is 1.90. The summed E-state index contributed by atoms with van der Waals surface area (Å²) in [6.45, 7) is -2.52. The molecule has 0 saturated heterocycles. The molecule has 0 atom stereocenters. The molecule has 0 bridgehead atoms. The van der Waals surface area contributed by atoms with Crippen molar-refractivity contribution < 1.29 is 6.85 Å². The Hall–Kier alpha value is -1.16. The van der Waals surface area contributed by atoms with E-state index in [1.165, 1.54) is 6.20 Å². The average Bonchev–Trinajstić information content (AvgIpc) is 2.54. The van der Waals surface area contributed by atoms with Gasteiger partial charge in [-0.05, 0) is 40.5 Å². The van der Waals surface area contributed by atoms with E-state index >= 15 is 0 Å². The maximum Gasteiger partial charge on any atom is 0.106 e. The molecular formula is C9H8BrN3. The lowest BCUT2D eigenvalue weighted by Crippen LogP contribution is -1.94. The van der Waals surface area contributed by atoms with Crippen LogP contribution in [0, 0.1) is 6.85 Å². The number of hydrogen-bond acceptors (Lipinski definition) is 2. The number of nitrogens with zero attached hydrogens (tertiary/aromatic N) is 3. The minimum atomic E-state index is -2.52. The maximum absolute atomic E-state index is 7.80. The SMILES string of the molecule is [2H]c1nn(-c2ccc(Br)nc2)c([2H])c1C([2H])([2H])[2H]. The van der Waals surface area contributed by atoms with Crippen molar-refractivity contribution in [1.82, 2.24) is 14.8 Å². The van der Waals surface area contributed by atoms with Gasteiger partial charge in [-0.25, -0.2) is 9.67 Å². The minimum Gasteiger partial charge on any atom is -0.247 e. The molecule has 2 aromatic heterocycles. The van der Waals surface area contributed by atoms with Crippen LogP contribution in [-0.2, 0) is 0 Å². The maximum atomic E-state index is 7.80. The molecular weight excluding hydrogens is 230 g/mol. The van der Waals surface area contributed by atoms with Crippen LogP contribution >= 0.6 is 15.9 Å². The van der Waals surface area contributed by atoms with Gasteiger partial charge in [0.15, 0.2) is 0 Å². The van der Waals surface area contributed by atoms with Crippen molar-refractivity contribution >= 4 is 15.9 Å². The summed E-state index contributed by atoms with van der Waals surface area (Å²) in [5.41, 5.74) is 0.0811. The molecule has 0 radical (unpaired) electrons. The smallest absolute Gasteiger partial charge is 0.106 e. The van der Waals surface area contributed by atoms with E-state index in [1.54, 1.807) is 12.1 Å². The van der Waals surface area contributed by atoms with Crippen LogP contribution in [0.25, 0.3) is 5.69 Å². The Balaban J connectivity index is 2.57. The van der Waals surface area contributed by atoms with Crippen LogP contribution in [0.15, 0.2) is 35.3 Å². The first kappa shape index (κ1) is 4.37. The second kappa shape index (κ2) is 3.30. The summed E-state index contributed by atoms with van der Waals surface area (Å²) in [6, 6.07) is 3.28. The van der Waals surface area contributed by atoms with E-state index in [1.807, 2.05) is 0 Å². The molecule has 3 nitrogen and oxygen atoms in total. The average molecular weight is 243 g/mol. The van der Waals surface area contributed by atoms with Gasteiger partial charge in [-0.15, -0.1) is 0 Å². The fourth-order valence-corrected chi connectivity index (χ4v) is 1.11. The molecule has 2 rings (SSSR count). The van der Waals surface area contributed by atoms with Crippen molar-refractivity contribution in [1.29, 1.82) is 0 Å². The molecule has 4 heteroatoms. The third-order valence-electron chi connectivity index (χ3n) is 1.44. The number of aromatic nitrogens is 3. The van der Waals surface area contributed by atoms with E-state index in [9.17, 15) is 0 Å². The summed E-state index contributed by atoms with van der Waals surface area (Å²) < 4.78 is 38.9. The topological polar surface area (TPSA) is 30.7 Å². The summed E-state index contributed by atoms with van der Waals surface area (Å²) in [5, 5.41) is 3.76. The highest BCUT2D eigenvalue weighted by Gasteiger charge is 1.97. The van der Waals surface area contributed by atoms with Gasteiger partial charge < -0.3 is 0 Å². The Morgan fingerprint density at radius 3 is 3.15 bits per heavy atom. The fraction of sp³-hybridized carbons (Fsp3) is 0.111. The van der Waals surface area contributed by atoms with Gasteiger partial charge in [0.1, 0.15) is 4.60 Å². The van der Waals surface area contributed by atoms with Crippen molar-refractivity contribution in [2.24, 2.45) is 0 Å². The standard InChI is InChI=1S/C9H8BrN3/c1-7-4-12-13(6-7)8-2-3-9(10)11-5-8/h2-6H,1H3/i1D3,4D,6D. The summed E-state index contributed by atoms with van der Waals surface area (Å²) in [4.78, 5) is 3.97. The van der Waals surface area contributed by atoms with Crippen molar-refractivity contribution in [2.45, 2.75) is 6.85 Å². The monoisotopic (exact) mass is 242 g/mol. The Labute approximate surface area is 91.6 Å². The normalized spacial score (nSPS) is 16.8. The minimum absolute atomic E-state index is 0.316. The molecule has 0 spiro atoms. The number of pyridine rings is 1. The highest BCUT2D eigenvalue weighted by molar-refractivity contribution is 9.10.